The van der Waals surface area contributed by atoms with Crippen LogP contribution in [0.25, 0.3) is 11.3 Å². The molecule has 1 aromatic carbocycles. The first kappa shape index (κ1) is 19.2. The van der Waals surface area contributed by atoms with Crippen LogP contribution < -0.4 is 10.6 Å². The minimum Gasteiger partial charge on any atom is -0.351 e. The first-order valence-electron chi connectivity index (χ1n) is 8.09. The number of nitrogens with zero attached hydrogens (tertiary/aromatic N) is 2. The lowest BCUT2D eigenvalue weighted by Gasteiger charge is -2.14. The Balaban J connectivity index is 1.73. The standard InChI is InChI=1S/C17H15F5N4O/c18-11-2-1-9(6-26-16(27)15-12(19)3-4-23-15)5-10(11)13-7-25-14(8-24-13)17(20,21)22/h1-2,5,7-8,12,15,23H,3-4,6H2,(H,26,27). The van der Waals surface area contributed by atoms with E-state index in [0.717, 1.165) is 12.3 Å². The molecule has 27 heavy (non-hydrogen) atoms. The lowest BCUT2D eigenvalue weighted by atomic mass is 10.1. The molecular formula is C17H15F5N4O. The molecule has 2 aromatic rings. The summed E-state index contributed by atoms with van der Waals surface area (Å²) in [6.45, 7) is 0.414. The van der Waals surface area contributed by atoms with Gasteiger partial charge in [-0.15, -0.1) is 0 Å². The van der Waals surface area contributed by atoms with Gasteiger partial charge in [-0.3, -0.25) is 9.78 Å². The van der Waals surface area contributed by atoms with Crippen molar-refractivity contribution in [1.29, 1.82) is 0 Å². The van der Waals surface area contributed by atoms with Crippen LogP contribution in [0.1, 0.15) is 17.7 Å². The molecule has 1 saturated heterocycles. The number of nitrogens with one attached hydrogen (secondary N) is 2. The number of amides is 1. The lowest BCUT2D eigenvalue weighted by Crippen LogP contribution is -2.44. The number of halogens is 5. The first-order valence-corrected chi connectivity index (χ1v) is 8.09. The van der Waals surface area contributed by atoms with Crippen molar-refractivity contribution in [3.8, 4) is 11.3 Å². The molecule has 5 nitrogen and oxygen atoms in total. The van der Waals surface area contributed by atoms with Gasteiger partial charge in [-0.2, -0.15) is 13.2 Å². The fourth-order valence-corrected chi connectivity index (χ4v) is 2.72. The summed E-state index contributed by atoms with van der Waals surface area (Å²) < 4.78 is 65.2. The highest BCUT2D eigenvalue weighted by Crippen LogP contribution is 2.28. The van der Waals surface area contributed by atoms with E-state index in [1.165, 1.54) is 12.1 Å². The zero-order chi connectivity index (χ0) is 19.6. The van der Waals surface area contributed by atoms with Gasteiger partial charge in [-0.1, -0.05) is 6.07 Å². The number of hydrogen-bond donors (Lipinski definition) is 2. The van der Waals surface area contributed by atoms with Crippen LogP contribution in [0.5, 0.6) is 0 Å². The van der Waals surface area contributed by atoms with Crippen molar-refractivity contribution in [2.24, 2.45) is 0 Å². The molecule has 0 aliphatic carbocycles. The summed E-state index contributed by atoms with van der Waals surface area (Å²) in [6, 6.07) is 2.95. The van der Waals surface area contributed by atoms with Gasteiger partial charge in [0.1, 0.15) is 18.0 Å². The van der Waals surface area contributed by atoms with Crippen molar-refractivity contribution in [1.82, 2.24) is 20.6 Å². The Hall–Kier alpha value is -2.62. The Morgan fingerprint density at radius 1 is 1.26 bits per heavy atom. The van der Waals surface area contributed by atoms with E-state index in [1.54, 1.807) is 0 Å². The topological polar surface area (TPSA) is 66.9 Å². The minimum absolute atomic E-state index is 0.00504. The number of carbonyl (C=O) groups excluding carboxylic acids is 1. The second-order valence-electron chi connectivity index (χ2n) is 6.05. The number of benzene rings is 1. The third kappa shape index (κ3) is 4.38. The number of aromatic nitrogens is 2. The number of carbonyl (C=O) groups is 1. The Morgan fingerprint density at radius 2 is 2.04 bits per heavy atom. The van der Waals surface area contributed by atoms with Crippen molar-refractivity contribution >= 4 is 5.91 Å². The van der Waals surface area contributed by atoms with Crippen LogP contribution in [0.4, 0.5) is 22.0 Å². The van der Waals surface area contributed by atoms with Crippen LogP contribution in [0, 0.1) is 5.82 Å². The van der Waals surface area contributed by atoms with Crippen LogP contribution in [0.2, 0.25) is 0 Å². The van der Waals surface area contributed by atoms with E-state index < -0.39 is 35.8 Å². The smallest absolute Gasteiger partial charge is 0.351 e. The van der Waals surface area contributed by atoms with Crippen molar-refractivity contribution in [2.45, 2.75) is 31.4 Å². The molecule has 2 heterocycles. The fourth-order valence-electron chi connectivity index (χ4n) is 2.72. The Kier molecular flexibility index (Phi) is 5.36. The van der Waals surface area contributed by atoms with Gasteiger partial charge < -0.3 is 10.6 Å². The van der Waals surface area contributed by atoms with Gasteiger partial charge in [-0.05, 0) is 30.7 Å². The quantitative estimate of drug-likeness (QED) is 0.793. The maximum atomic E-state index is 14.0. The molecule has 1 amide bonds. The summed E-state index contributed by atoms with van der Waals surface area (Å²) in [5.74, 6) is -1.21. The van der Waals surface area contributed by atoms with Crippen LogP contribution in [0.3, 0.4) is 0 Å². The molecular weight excluding hydrogens is 371 g/mol. The average Bonchev–Trinajstić information content (AvgIpc) is 3.06. The highest BCUT2D eigenvalue weighted by Gasteiger charge is 2.33. The normalized spacial score (nSPS) is 19.9. The SMILES string of the molecule is O=C(NCc1ccc(F)c(-c2cnc(C(F)(F)F)cn2)c1)C1NCCC1F. The van der Waals surface area contributed by atoms with Crippen LogP contribution in [0.15, 0.2) is 30.6 Å². The molecule has 0 spiro atoms. The van der Waals surface area contributed by atoms with Crippen molar-refractivity contribution in [3.05, 3.63) is 47.7 Å². The predicted octanol–water partition coefficient (Wildman–Crippen LogP) is 2.62. The lowest BCUT2D eigenvalue weighted by molar-refractivity contribution is -0.141. The summed E-state index contributed by atoms with van der Waals surface area (Å²) >= 11 is 0. The van der Waals surface area contributed by atoms with E-state index in [4.69, 9.17) is 0 Å². The first-order chi connectivity index (χ1) is 12.8. The predicted molar refractivity (Wildman–Crippen MR) is 85.6 cm³/mol. The molecule has 0 bridgehead atoms. The second-order valence-corrected chi connectivity index (χ2v) is 6.05. The molecule has 3 rings (SSSR count). The van der Waals surface area contributed by atoms with E-state index >= 15 is 0 Å². The van der Waals surface area contributed by atoms with Gasteiger partial charge in [0.25, 0.3) is 0 Å². The molecule has 2 unspecified atom stereocenters. The number of alkyl halides is 4. The molecule has 10 heteroatoms. The molecule has 0 radical (unpaired) electrons. The van der Waals surface area contributed by atoms with E-state index in [-0.39, 0.29) is 24.2 Å². The summed E-state index contributed by atoms with van der Waals surface area (Å²) in [7, 11) is 0. The molecule has 2 atom stereocenters. The fraction of sp³-hybridized carbons (Fsp3) is 0.353. The van der Waals surface area contributed by atoms with Gasteiger partial charge in [-0.25, -0.2) is 13.8 Å². The van der Waals surface area contributed by atoms with E-state index in [0.29, 0.717) is 18.3 Å². The van der Waals surface area contributed by atoms with E-state index in [1.807, 2.05) is 0 Å². The zero-order valence-electron chi connectivity index (χ0n) is 13.9. The summed E-state index contributed by atoms with van der Waals surface area (Å²) in [6.07, 6.45) is -4.29. The Labute approximate surface area is 151 Å². The van der Waals surface area contributed by atoms with Crippen LogP contribution >= 0.6 is 0 Å². The van der Waals surface area contributed by atoms with Gasteiger partial charge in [0.2, 0.25) is 5.91 Å². The molecule has 144 valence electrons. The average molecular weight is 386 g/mol. The highest BCUT2D eigenvalue weighted by atomic mass is 19.4. The number of rotatable bonds is 4. The molecule has 0 saturated carbocycles. The van der Waals surface area contributed by atoms with Gasteiger partial charge in [0.15, 0.2) is 5.69 Å². The Morgan fingerprint density at radius 3 is 2.63 bits per heavy atom. The second kappa shape index (κ2) is 7.55. The van der Waals surface area contributed by atoms with Crippen molar-refractivity contribution in [3.63, 3.8) is 0 Å². The van der Waals surface area contributed by atoms with Crippen LogP contribution in [-0.2, 0) is 17.5 Å². The third-order valence-electron chi connectivity index (χ3n) is 4.14. The summed E-state index contributed by atoms with van der Waals surface area (Å²) in [4.78, 5) is 18.8. The monoisotopic (exact) mass is 386 g/mol. The minimum atomic E-state index is -4.64. The van der Waals surface area contributed by atoms with Crippen LogP contribution in [-0.4, -0.2) is 34.6 Å². The number of hydrogen-bond acceptors (Lipinski definition) is 4. The van der Waals surface area contributed by atoms with E-state index in [2.05, 4.69) is 20.6 Å². The Bertz CT molecular complexity index is 825. The zero-order valence-corrected chi connectivity index (χ0v) is 13.9. The summed E-state index contributed by atoms with van der Waals surface area (Å²) in [5.41, 5.74) is -0.824. The van der Waals surface area contributed by atoms with E-state index in [9.17, 15) is 26.7 Å². The molecule has 1 aliphatic heterocycles. The maximum Gasteiger partial charge on any atom is 0.434 e. The summed E-state index contributed by atoms with van der Waals surface area (Å²) in [5, 5.41) is 5.30. The molecule has 1 aliphatic rings. The van der Waals surface area contributed by atoms with Gasteiger partial charge in [0, 0.05) is 12.1 Å². The molecule has 1 fully saturated rings. The molecule has 1 aromatic heterocycles. The largest absolute Gasteiger partial charge is 0.434 e. The van der Waals surface area contributed by atoms with Gasteiger partial charge >= 0.3 is 6.18 Å². The van der Waals surface area contributed by atoms with Crippen molar-refractivity contribution in [2.75, 3.05) is 6.54 Å². The third-order valence-corrected chi connectivity index (χ3v) is 4.14. The highest BCUT2D eigenvalue weighted by molar-refractivity contribution is 5.82. The van der Waals surface area contributed by atoms with Crippen molar-refractivity contribution < 1.29 is 26.7 Å². The molecule has 2 N–H and O–H groups in total. The maximum absolute atomic E-state index is 14.0. The van der Waals surface area contributed by atoms with Gasteiger partial charge in [0.05, 0.1) is 18.1 Å².